The molecule has 1 aromatic rings. The molecule has 1 aromatic heterocycles. The van der Waals surface area contributed by atoms with Gasteiger partial charge in [0.05, 0.1) is 29.4 Å². The first-order valence-electron chi connectivity index (χ1n) is 10.9. The van der Waals surface area contributed by atoms with Gasteiger partial charge in [0.25, 0.3) is 0 Å². The maximum absolute atomic E-state index is 9.05. The number of hydrogen-bond acceptors (Lipinski definition) is 5. The van der Waals surface area contributed by atoms with E-state index in [2.05, 4.69) is 53.2 Å². The number of nitriles is 1. The van der Waals surface area contributed by atoms with Crippen LogP contribution in [0.4, 0.5) is 5.82 Å². The van der Waals surface area contributed by atoms with Crippen LogP contribution in [0.3, 0.4) is 0 Å². The van der Waals surface area contributed by atoms with Crippen LogP contribution in [-0.4, -0.2) is 32.7 Å². The van der Waals surface area contributed by atoms with Crippen LogP contribution in [0.1, 0.15) is 64.9 Å². The number of amidine groups is 1. The van der Waals surface area contributed by atoms with E-state index in [0.29, 0.717) is 0 Å². The molecular weight excluding hydrogens is 362 g/mol. The zero-order chi connectivity index (χ0) is 20.4. The summed E-state index contributed by atoms with van der Waals surface area (Å²) in [6.45, 7) is 7.22. The number of nitrogens with zero attached hydrogens (tertiary/aromatic N) is 6. The smallest absolute Gasteiger partial charge is 0.207 e. The Morgan fingerprint density at radius 3 is 2.38 bits per heavy atom. The molecule has 4 bridgehead atoms. The van der Waals surface area contributed by atoms with Crippen LogP contribution < -0.4 is 10.7 Å². The molecule has 0 aromatic carbocycles. The van der Waals surface area contributed by atoms with Crippen molar-refractivity contribution in [3.63, 3.8) is 0 Å². The van der Waals surface area contributed by atoms with Crippen LogP contribution in [0.15, 0.2) is 23.5 Å². The summed E-state index contributed by atoms with van der Waals surface area (Å²) < 4.78 is 2.03. The quantitative estimate of drug-likeness (QED) is 0.483. The molecule has 0 atom stereocenters. The highest BCUT2D eigenvalue weighted by atomic mass is 15.7. The molecule has 7 nitrogen and oxygen atoms in total. The Balaban J connectivity index is 1.58. The third-order valence-corrected chi connectivity index (χ3v) is 7.35. The zero-order valence-corrected chi connectivity index (χ0v) is 17.7. The molecule has 4 aliphatic carbocycles. The lowest BCUT2D eigenvalue weighted by atomic mass is 9.53. The Morgan fingerprint density at radius 2 is 1.83 bits per heavy atom. The molecule has 7 heteroatoms. The molecule has 4 fully saturated rings. The highest BCUT2D eigenvalue weighted by molar-refractivity contribution is 6.02. The summed E-state index contributed by atoms with van der Waals surface area (Å²) in [6, 6.07) is 0. The molecule has 0 unspecified atom stereocenters. The summed E-state index contributed by atoms with van der Waals surface area (Å²) in [5.41, 5.74) is 6.92. The monoisotopic (exact) mass is 393 g/mol. The Morgan fingerprint density at radius 1 is 1.21 bits per heavy atom. The minimum atomic E-state index is -0.212. The average Bonchev–Trinajstić information content (AvgIpc) is 3.27. The number of hydrogen-bond donors (Lipinski definition) is 1. The predicted octanol–water partition coefficient (Wildman–Crippen LogP) is 3.34. The third-order valence-electron chi connectivity index (χ3n) is 7.35. The second-order valence-electron chi connectivity index (χ2n) is 10.5. The van der Waals surface area contributed by atoms with Crippen molar-refractivity contribution in [1.29, 1.82) is 5.26 Å². The molecule has 1 aliphatic heterocycles. The second-order valence-corrected chi connectivity index (χ2v) is 10.5. The minimum Gasteiger partial charge on any atom is -0.382 e. The molecule has 0 saturated heterocycles. The van der Waals surface area contributed by atoms with Gasteiger partial charge in [0, 0.05) is 6.20 Å². The van der Waals surface area contributed by atoms with Gasteiger partial charge in [-0.2, -0.15) is 15.4 Å². The van der Waals surface area contributed by atoms with E-state index in [4.69, 9.17) is 11.0 Å². The molecule has 4 saturated carbocycles. The first-order valence-corrected chi connectivity index (χ1v) is 10.9. The number of rotatable bonds is 3. The van der Waals surface area contributed by atoms with Gasteiger partial charge in [0.1, 0.15) is 5.84 Å². The van der Waals surface area contributed by atoms with E-state index in [9.17, 15) is 0 Å². The van der Waals surface area contributed by atoms with Crippen LogP contribution in [0.2, 0.25) is 0 Å². The summed E-state index contributed by atoms with van der Waals surface area (Å²) in [6.07, 6.45) is 16.2. The van der Waals surface area contributed by atoms with Gasteiger partial charge in [-0.05, 0) is 83.1 Å². The molecule has 0 radical (unpaired) electrons. The first kappa shape index (κ1) is 18.5. The van der Waals surface area contributed by atoms with Crippen LogP contribution in [0.25, 0.3) is 0 Å². The summed E-state index contributed by atoms with van der Waals surface area (Å²) in [7, 11) is 0. The van der Waals surface area contributed by atoms with Crippen molar-refractivity contribution in [2.45, 2.75) is 70.4 Å². The fourth-order valence-electron chi connectivity index (χ4n) is 6.74. The van der Waals surface area contributed by atoms with Crippen molar-refractivity contribution in [2.75, 3.05) is 11.6 Å². The lowest BCUT2D eigenvalue weighted by Crippen LogP contribution is -2.62. The molecule has 154 valence electrons. The normalized spacial score (nSPS) is 33.6. The standard InChI is InChI=1S/C22H31N7/c1-21(2,3)29-20(18(13-26-29)19(24)25-14-23)27-5-4-6-28(27)22-10-15-7-16(11-22)9-17(8-15)12-22/h4,6,13,15-17H,5,7-12H2,1-3H3,(H2,24,25). The maximum Gasteiger partial charge on any atom is 0.207 e. The predicted molar refractivity (Wildman–Crippen MR) is 113 cm³/mol. The Labute approximate surface area is 172 Å². The Bertz CT molecular complexity index is 875. The second kappa shape index (κ2) is 6.25. The van der Waals surface area contributed by atoms with Gasteiger partial charge in [-0.1, -0.05) is 0 Å². The van der Waals surface area contributed by atoms with E-state index in [0.717, 1.165) is 35.7 Å². The van der Waals surface area contributed by atoms with Crippen LogP contribution in [-0.2, 0) is 5.54 Å². The largest absolute Gasteiger partial charge is 0.382 e. The zero-order valence-electron chi connectivity index (χ0n) is 17.7. The topological polar surface area (TPSA) is 86.5 Å². The van der Waals surface area contributed by atoms with Crippen molar-refractivity contribution < 1.29 is 0 Å². The maximum atomic E-state index is 9.05. The molecule has 0 amide bonds. The molecular formula is C22H31N7. The molecule has 6 rings (SSSR count). The molecule has 2 heterocycles. The lowest BCUT2D eigenvalue weighted by Gasteiger charge is -2.61. The van der Waals surface area contributed by atoms with E-state index in [1.54, 1.807) is 6.20 Å². The lowest BCUT2D eigenvalue weighted by molar-refractivity contribution is -0.0718. The SMILES string of the molecule is CC(C)(C)n1ncc(C(N)=NC#N)c1N1CC=CN1C12CC3CC(CC(C3)C1)C2. The summed E-state index contributed by atoms with van der Waals surface area (Å²) >= 11 is 0. The van der Waals surface area contributed by atoms with E-state index in [1.807, 2.05) is 10.9 Å². The number of aliphatic imine (C=N–C) groups is 1. The fourth-order valence-corrected chi connectivity index (χ4v) is 6.74. The Kier molecular flexibility index (Phi) is 4.00. The number of hydrazine groups is 1. The average molecular weight is 394 g/mol. The van der Waals surface area contributed by atoms with Gasteiger partial charge in [0.15, 0.2) is 5.82 Å². The highest BCUT2D eigenvalue weighted by Gasteiger charge is 2.55. The number of anilines is 1. The van der Waals surface area contributed by atoms with E-state index >= 15 is 0 Å². The summed E-state index contributed by atoms with van der Waals surface area (Å²) in [5.74, 6) is 3.78. The van der Waals surface area contributed by atoms with Crippen molar-refractivity contribution in [2.24, 2.45) is 28.5 Å². The van der Waals surface area contributed by atoms with E-state index < -0.39 is 0 Å². The van der Waals surface area contributed by atoms with Gasteiger partial charge in [0.2, 0.25) is 6.19 Å². The summed E-state index contributed by atoms with van der Waals surface area (Å²) in [5, 5.41) is 18.5. The van der Waals surface area contributed by atoms with E-state index in [1.165, 1.54) is 38.5 Å². The summed E-state index contributed by atoms with van der Waals surface area (Å²) in [4.78, 5) is 3.82. The van der Waals surface area contributed by atoms with Crippen LogP contribution >= 0.6 is 0 Å². The van der Waals surface area contributed by atoms with Crippen LogP contribution in [0, 0.1) is 29.2 Å². The van der Waals surface area contributed by atoms with Gasteiger partial charge in [-0.15, -0.1) is 0 Å². The fraction of sp³-hybridized carbons (Fsp3) is 0.682. The van der Waals surface area contributed by atoms with Gasteiger partial charge < -0.3 is 5.73 Å². The molecule has 0 spiro atoms. The number of aromatic nitrogens is 2. The van der Waals surface area contributed by atoms with Crippen molar-refractivity contribution in [3.8, 4) is 6.19 Å². The van der Waals surface area contributed by atoms with Gasteiger partial charge in [-0.3, -0.25) is 10.0 Å². The molecule has 5 aliphatic rings. The van der Waals surface area contributed by atoms with Crippen LogP contribution in [0.5, 0.6) is 0 Å². The molecule has 29 heavy (non-hydrogen) atoms. The van der Waals surface area contributed by atoms with Gasteiger partial charge in [-0.25, -0.2) is 4.68 Å². The van der Waals surface area contributed by atoms with E-state index in [-0.39, 0.29) is 16.9 Å². The van der Waals surface area contributed by atoms with Crippen molar-refractivity contribution in [1.82, 2.24) is 14.8 Å². The van der Waals surface area contributed by atoms with Gasteiger partial charge >= 0.3 is 0 Å². The number of nitrogens with two attached hydrogens (primary N) is 1. The minimum absolute atomic E-state index is 0.202. The molecule has 2 N–H and O–H groups in total. The van der Waals surface area contributed by atoms with Crippen molar-refractivity contribution in [3.05, 3.63) is 24.0 Å². The third kappa shape index (κ3) is 2.84. The Hall–Kier alpha value is -2.49. The van der Waals surface area contributed by atoms with Crippen molar-refractivity contribution >= 4 is 11.7 Å². The highest BCUT2D eigenvalue weighted by Crippen LogP contribution is 2.58. The first-order chi connectivity index (χ1) is 13.8.